The number of carbonyl (C=O) groups is 1. The molecule has 3 heterocycles. The van der Waals surface area contributed by atoms with E-state index in [1.54, 1.807) is 6.07 Å². The molecule has 1 aromatic heterocycles. The first-order valence-corrected chi connectivity index (χ1v) is 9.28. The highest BCUT2D eigenvalue weighted by atomic mass is 16.5. The second-order valence-electron chi connectivity index (χ2n) is 7.40. The van der Waals surface area contributed by atoms with Gasteiger partial charge in [-0.1, -0.05) is 5.16 Å². The zero-order chi connectivity index (χ0) is 16.9. The number of nitrogens with one attached hydrogen (secondary N) is 1. The fourth-order valence-electron chi connectivity index (χ4n) is 3.97. The first-order valence-electron chi connectivity index (χ1n) is 9.28. The summed E-state index contributed by atoms with van der Waals surface area (Å²) in [5.74, 6) is 0.260. The van der Waals surface area contributed by atoms with Crippen LogP contribution in [0.1, 0.15) is 45.2 Å². The molecule has 6 nitrogen and oxygen atoms in total. The van der Waals surface area contributed by atoms with Crippen LogP contribution in [-0.4, -0.2) is 59.1 Å². The van der Waals surface area contributed by atoms with Gasteiger partial charge in [-0.05, 0) is 59.2 Å². The second-order valence-corrected chi connectivity index (χ2v) is 7.40. The van der Waals surface area contributed by atoms with Crippen LogP contribution in [-0.2, 0) is 11.3 Å². The first-order chi connectivity index (χ1) is 11.6. The maximum Gasteiger partial charge on any atom is 0.224 e. The normalized spacial score (nSPS) is 24.4. The number of amides is 1. The summed E-state index contributed by atoms with van der Waals surface area (Å²) < 4.78 is 4.80. The van der Waals surface area contributed by atoms with Gasteiger partial charge in [0.05, 0.1) is 12.5 Å². The third-order valence-corrected chi connectivity index (χ3v) is 5.50. The van der Waals surface area contributed by atoms with Gasteiger partial charge >= 0.3 is 0 Å². The maximum atomic E-state index is 12.5. The molecule has 1 aromatic rings. The lowest BCUT2D eigenvalue weighted by Crippen LogP contribution is -2.51. The molecule has 6 heteroatoms. The van der Waals surface area contributed by atoms with Crippen molar-refractivity contribution in [1.82, 2.24) is 20.3 Å². The highest BCUT2D eigenvalue weighted by Gasteiger charge is 2.31. The van der Waals surface area contributed by atoms with Crippen molar-refractivity contribution in [1.29, 1.82) is 0 Å². The molecule has 0 radical (unpaired) electrons. The van der Waals surface area contributed by atoms with Crippen molar-refractivity contribution in [3.63, 3.8) is 0 Å². The summed E-state index contributed by atoms with van der Waals surface area (Å²) in [6.45, 7) is 9.41. The minimum Gasteiger partial charge on any atom is -0.364 e. The van der Waals surface area contributed by atoms with E-state index in [-0.39, 0.29) is 11.8 Å². The number of nitrogens with zero attached hydrogens (tertiary/aromatic N) is 3. The summed E-state index contributed by atoms with van der Waals surface area (Å²) in [7, 11) is 0. The predicted octanol–water partition coefficient (Wildman–Crippen LogP) is 1.88. The van der Waals surface area contributed by atoms with Gasteiger partial charge in [0, 0.05) is 24.7 Å². The topological polar surface area (TPSA) is 61.6 Å². The molecule has 134 valence electrons. The van der Waals surface area contributed by atoms with Crippen LogP contribution in [0.4, 0.5) is 0 Å². The molecule has 2 aliphatic rings. The van der Waals surface area contributed by atoms with E-state index in [2.05, 4.69) is 34.1 Å². The first kappa shape index (κ1) is 17.4. The molecule has 0 spiro atoms. The lowest BCUT2D eigenvalue weighted by molar-refractivity contribution is -0.127. The number of hydrogen-bond acceptors (Lipinski definition) is 5. The molecule has 0 aromatic carbocycles. The molecule has 3 rings (SSSR count). The monoisotopic (exact) mass is 334 g/mol. The SMILES string of the molecule is CC(C)N1CCC(N2CCCC(C(=O)NCc3ccon3)C2)CC1. The average Bonchev–Trinajstić information content (AvgIpc) is 3.13. The second kappa shape index (κ2) is 8.12. The minimum atomic E-state index is 0.105. The Morgan fingerprint density at radius 1 is 1.33 bits per heavy atom. The van der Waals surface area contributed by atoms with Gasteiger partial charge in [-0.3, -0.25) is 9.69 Å². The molecule has 1 unspecified atom stereocenters. The van der Waals surface area contributed by atoms with E-state index in [0.29, 0.717) is 18.6 Å². The van der Waals surface area contributed by atoms with E-state index in [0.717, 1.165) is 31.6 Å². The van der Waals surface area contributed by atoms with Crippen molar-refractivity contribution in [2.75, 3.05) is 26.2 Å². The Morgan fingerprint density at radius 3 is 2.79 bits per heavy atom. The number of aromatic nitrogens is 1. The summed E-state index contributed by atoms with van der Waals surface area (Å²) in [6.07, 6.45) is 6.10. The summed E-state index contributed by atoms with van der Waals surface area (Å²) in [4.78, 5) is 17.6. The summed E-state index contributed by atoms with van der Waals surface area (Å²) >= 11 is 0. The van der Waals surface area contributed by atoms with Crippen LogP contribution in [0.5, 0.6) is 0 Å². The molecule has 2 aliphatic heterocycles. The van der Waals surface area contributed by atoms with Crippen molar-refractivity contribution in [2.24, 2.45) is 5.92 Å². The highest BCUT2D eigenvalue weighted by molar-refractivity contribution is 5.78. The number of rotatable bonds is 5. The van der Waals surface area contributed by atoms with Gasteiger partial charge in [0.2, 0.25) is 5.91 Å². The summed E-state index contributed by atoms with van der Waals surface area (Å²) in [5, 5.41) is 6.84. The van der Waals surface area contributed by atoms with Gasteiger partial charge in [0.25, 0.3) is 0 Å². The number of likely N-dealkylation sites (tertiary alicyclic amines) is 2. The molecular weight excluding hydrogens is 304 g/mol. The smallest absolute Gasteiger partial charge is 0.224 e. The molecule has 2 saturated heterocycles. The van der Waals surface area contributed by atoms with Crippen LogP contribution < -0.4 is 5.32 Å². The van der Waals surface area contributed by atoms with Gasteiger partial charge in [-0.25, -0.2) is 0 Å². The van der Waals surface area contributed by atoms with E-state index in [1.165, 1.54) is 32.2 Å². The van der Waals surface area contributed by atoms with Crippen LogP contribution in [0, 0.1) is 5.92 Å². The molecule has 0 bridgehead atoms. The number of piperidine rings is 2. The van der Waals surface area contributed by atoms with Crippen molar-refractivity contribution in [3.8, 4) is 0 Å². The van der Waals surface area contributed by atoms with Crippen molar-refractivity contribution in [2.45, 2.75) is 58.2 Å². The Kier molecular flexibility index (Phi) is 5.89. The lowest BCUT2D eigenvalue weighted by atomic mass is 9.93. The molecule has 1 atom stereocenters. The van der Waals surface area contributed by atoms with Gasteiger partial charge in [-0.15, -0.1) is 0 Å². The van der Waals surface area contributed by atoms with Crippen molar-refractivity contribution >= 4 is 5.91 Å². The molecule has 0 saturated carbocycles. The van der Waals surface area contributed by atoms with Crippen LogP contribution >= 0.6 is 0 Å². The Balaban J connectivity index is 1.46. The van der Waals surface area contributed by atoms with Gasteiger partial charge in [-0.2, -0.15) is 0 Å². The van der Waals surface area contributed by atoms with E-state index in [4.69, 9.17) is 4.52 Å². The molecular formula is C18H30N4O2. The Labute approximate surface area is 144 Å². The molecule has 24 heavy (non-hydrogen) atoms. The fraction of sp³-hybridized carbons (Fsp3) is 0.778. The van der Waals surface area contributed by atoms with E-state index in [9.17, 15) is 4.79 Å². The quantitative estimate of drug-likeness (QED) is 0.891. The van der Waals surface area contributed by atoms with Gasteiger partial charge in [0.1, 0.15) is 12.0 Å². The largest absolute Gasteiger partial charge is 0.364 e. The summed E-state index contributed by atoms with van der Waals surface area (Å²) in [6, 6.07) is 3.07. The molecule has 1 N–H and O–H groups in total. The van der Waals surface area contributed by atoms with Crippen LogP contribution in [0.2, 0.25) is 0 Å². The third kappa shape index (κ3) is 4.36. The van der Waals surface area contributed by atoms with Crippen LogP contribution in [0.25, 0.3) is 0 Å². The lowest BCUT2D eigenvalue weighted by Gasteiger charge is -2.43. The zero-order valence-electron chi connectivity index (χ0n) is 14.9. The van der Waals surface area contributed by atoms with E-state index in [1.807, 2.05) is 0 Å². The van der Waals surface area contributed by atoms with Gasteiger partial charge in [0.15, 0.2) is 0 Å². The Morgan fingerprint density at radius 2 is 2.12 bits per heavy atom. The molecule has 1 amide bonds. The third-order valence-electron chi connectivity index (χ3n) is 5.50. The van der Waals surface area contributed by atoms with Crippen molar-refractivity contribution < 1.29 is 9.32 Å². The van der Waals surface area contributed by atoms with Crippen LogP contribution in [0.15, 0.2) is 16.9 Å². The molecule has 2 fully saturated rings. The molecule has 0 aliphatic carbocycles. The Hall–Kier alpha value is -1.40. The number of hydrogen-bond donors (Lipinski definition) is 1. The fourth-order valence-corrected chi connectivity index (χ4v) is 3.97. The van der Waals surface area contributed by atoms with Gasteiger partial charge < -0.3 is 14.7 Å². The van der Waals surface area contributed by atoms with Crippen molar-refractivity contribution in [3.05, 3.63) is 18.0 Å². The highest BCUT2D eigenvalue weighted by Crippen LogP contribution is 2.24. The summed E-state index contributed by atoms with van der Waals surface area (Å²) in [5.41, 5.74) is 0.775. The maximum absolute atomic E-state index is 12.5. The van der Waals surface area contributed by atoms with Crippen LogP contribution in [0.3, 0.4) is 0 Å². The minimum absolute atomic E-state index is 0.105. The zero-order valence-corrected chi connectivity index (χ0v) is 14.9. The van der Waals surface area contributed by atoms with E-state index >= 15 is 0 Å². The predicted molar refractivity (Wildman–Crippen MR) is 92.4 cm³/mol. The van der Waals surface area contributed by atoms with E-state index < -0.39 is 0 Å². The standard InChI is InChI=1S/C18H30N4O2/c1-14(2)21-9-5-17(6-10-21)22-8-3-4-15(13-22)18(23)19-12-16-7-11-24-20-16/h7,11,14-15,17H,3-6,8-10,12-13H2,1-2H3,(H,19,23). The Bertz CT molecular complexity index is 509. The number of carbonyl (C=O) groups excluding carboxylic acids is 1. The average molecular weight is 334 g/mol.